The number of hydrogen-bond acceptors (Lipinski definition) is 5. The van der Waals surface area contributed by atoms with Crippen LogP contribution in [0.3, 0.4) is 0 Å². The second-order valence-corrected chi connectivity index (χ2v) is 4.71. The largest absolute Gasteiger partial charge is 0.478 e. The lowest BCUT2D eigenvalue weighted by Gasteiger charge is -2.10. The first kappa shape index (κ1) is 13.4. The van der Waals surface area contributed by atoms with Crippen molar-refractivity contribution < 1.29 is 28.6 Å². The number of amides is 1. The van der Waals surface area contributed by atoms with Gasteiger partial charge in [0.15, 0.2) is 0 Å². The van der Waals surface area contributed by atoms with Gasteiger partial charge in [0.25, 0.3) is 0 Å². The Bertz CT molecular complexity index is 707. The van der Waals surface area contributed by atoms with E-state index in [0.29, 0.717) is 29.8 Å². The molecule has 1 N–H and O–H groups in total. The molecule has 3 rings (SSSR count). The molecule has 1 aliphatic heterocycles. The van der Waals surface area contributed by atoms with Gasteiger partial charge >= 0.3 is 12.1 Å². The first-order valence-corrected chi connectivity index (χ1v) is 6.32. The normalized spacial score (nSPS) is 18.2. The number of ether oxygens (including phenoxy) is 2. The Morgan fingerprint density at radius 1 is 1.52 bits per heavy atom. The average molecular weight is 291 g/mol. The maximum Gasteiger partial charge on any atom is 0.414 e. The van der Waals surface area contributed by atoms with Gasteiger partial charge in [0.1, 0.15) is 18.0 Å². The molecule has 21 heavy (non-hydrogen) atoms. The maximum absolute atomic E-state index is 11.9. The third-order valence-electron chi connectivity index (χ3n) is 3.32. The van der Waals surface area contributed by atoms with Crippen LogP contribution in [0, 0.1) is 0 Å². The molecule has 1 atom stereocenters. The number of benzene rings is 1. The van der Waals surface area contributed by atoms with Gasteiger partial charge in [0.05, 0.1) is 24.4 Å². The van der Waals surface area contributed by atoms with Crippen molar-refractivity contribution in [3.63, 3.8) is 0 Å². The van der Waals surface area contributed by atoms with Gasteiger partial charge in [-0.2, -0.15) is 0 Å². The van der Waals surface area contributed by atoms with Gasteiger partial charge in [-0.3, -0.25) is 4.90 Å². The highest BCUT2D eigenvalue weighted by atomic mass is 16.6. The number of carboxylic acid groups (broad SMARTS) is 1. The molecule has 7 nitrogen and oxygen atoms in total. The molecule has 2 aromatic rings. The van der Waals surface area contributed by atoms with E-state index in [-0.39, 0.29) is 11.7 Å². The van der Waals surface area contributed by atoms with Crippen LogP contribution in [-0.2, 0) is 9.47 Å². The molecule has 0 aliphatic carbocycles. The van der Waals surface area contributed by atoms with E-state index in [1.54, 1.807) is 6.07 Å². The van der Waals surface area contributed by atoms with Gasteiger partial charge < -0.3 is 19.0 Å². The van der Waals surface area contributed by atoms with E-state index < -0.39 is 12.1 Å². The number of aromatic carboxylic acids is 1. The summed E-state index contributed by atoms with van der Waals surface area (Å²) in [4.78, 5) is 24.3. The molecule has 1 aliphatic rings. The van der Waals surface area contributed by atoms with Crippen molar-refractivity contribution in [2.45, 2.75) is 6.10 Å². The number of furan rings is 1. The van der Waals surface area contributed by atoms with Crippen molar-refractivity contribution in [2.75, 3.05) is 25.2 Å². The molecular formula is C14H13NO6. The van der Waals surface area contributed by atoms with E-state index >= 15 is 0 Å². The summed E-state index contributed by atoms with van der Waals surface area (Å²) in [5, 5.41) is 9.62. The number of anilines is 1. The number of cyclic esters (lactones) is 1. The Kier molecular flexibility index (Phi) is 3.26. The van der Waals surface area contributed by atoms with E-state index in [4.69, 9.17) is 19.0 Å². The maximum atomic E-state index is 11.9. The fourth-order valence-corrected chi connectivity index (χ4v) is 2.35. The van der Waals surface area contributed by atoms with Crippen molar-refractivity contribution in [3.05, 3.63) is 30.0 Å². The summed E-state index contributed by atoms with van der Waals surface area (Å²) in [7, 11) is 1.54. The Balaban J connectivity index is 1.94. The van der Waals surface area contributed by atoms with Crippen molar-refractivity contribution in [2.24, 2.45) is 0 Å². The van der Waals surface area contributed by atoms with Crippen LogP contribution in [0.4, 0.5) is 10.5 Å². The van der Waals surface area contributed by atoms with Gasteiger partial charge in [-0.25, -0.2) is 9.59 Å². The predicted octanol–water partition coefficient (Wildman–Crippen LogP) is 2.10. The first-order chi connectivity index (χ1) is 10.1. The van der Waals surface area contributed by atoms with Crippen LogP contribution in [0.25, 0.3) is 11.0 Å². The van der Waals surface area contributed by atoms with Crippen LogP contribution in [0.5, 0.6) is 0 Å². The lowest BCUT2D eigenvalue weighted by atomic mass is 10.1. The van der Waals surface area contributed by atoms with Crippen molar-refractivity contribution in [3.8, 4) is 0 Å². The van der Waals surface area contributed by atoms with Gasteiger partial charge in [0.2, 0.25) is 0 Å². The predicted molar refractivity (Wildman–Crippen MR) is 72.7 cm³/mol. The quantitative estimate of drug-likeness (QED) is 0.927. The number of rotatable bonds is 4. The Morgan fingerprint density at radius 2 is 2.33 bits per heavy atom. The van der Waals surface area contributed by atoms with Crippen LogP contribution in [-0.4, -0.2) is 43.5 Å². The summed E-state index contributed by atoms with van der Waals surface area (Å²) in [5.41, 5.74) is 1.10. The zero-order valence-corrected chi connectivity index (χ0v) is 11.2. The zero-order valence-electron chi connectivity index (χ0n) is 11.2. The van der Waals surface area contributed by atoms with Crippen LogP contribution in [0.15, 0.2) is 28.9 Å². The number of methoxy groups -OCH3 is 1. The van der Waals surface area contributed by atoms with Gasteiger partial charge in [-0.15, -0.1) is 0 Å². The topological polar surface area (TPSA) is 89.2 Å². The lowest BCUT2D eigenvalue weighted by Crippen LogP contribution is -2.25. The molecular weight excluding hydrogens is 278 g/mol. The summed E-state index contributed by atoms with van der Waals surface area (Å²) < 4.78 is 15.5. The summed E-state index contributed by atoms with van der Waals surface area (Å²) in [6.45, 7) is 0.684. The minimum Gasteiger partial charge on any atom is -0.478 e. The third kappa shape index (κ3) is 2.31. The van der Waals surface area contributed by atoms with E-state index in [1.165, 1.54) is 30.4 Å². The number of fused-ring (bicyclic) bond motifs is 1. The minimum absolute atomic E-state index is 0.129. The van der Waals surface area contributed by atoms with E-state index in [1.807, 2.05) is 0 Å². The number of nitrogens with zero attached hydrogens (tertiary/aromatic N) is 1. The number of carbonyl (C=O) groups excluding carboxylic acids is 1. The highest BCUT2D eigenvalue weighted by Gasteiger charge is 2.34. The molecule has 0 bridgehead atoms. The molecule has 1 aromatic heterocycles. The van der Waals surface area contributed by atoms with Gasteiger partial charge in [-0.1, -0.05) is 0 Å². The highest BCUT2D eigenvalue weighted by Crippen LogP contribution is 2.32. The molecule has 1 aromatic carbocycles. The van der Waals surface area contributed by atoms with Crippen molar-refractivity contribution in [1.29, 1.82) is 0 Å². The monoisotopic (exact) mass is 291 g/mol. The van der Waals surface area contributed by atoms with Crippen molar-refractivity contribution in [1.82, 2.24) is 0 Å². The second kappa shape index (κ2) is 5.10. The lowest BCUT2D eigenvalue weighted by molar-refractivity contribution is 0.0695. The molecule has 0 spiro atoms. The van der Waals surface area contributed by atoms with Gasteiger partial charge in [-0.05, 0) is 18.2 Å². The van der Waals surface area contributed by atoms with Crippen LogP contribution < -0.4 is 4.90 Å². The Morgan fingerprint density at radius 3 is 3.05 bits per heavy atom. The fraction of sp³-hybridized carbons (Fsp3) is 0.286. The molecule has 0 unspecified atom stereocenters. The van der Waals surface area contributed by atoms with Gasteiger partial charge in [0, 0.05) is 12.5 Å². The van der Waals surface area contributed by atoms with Crippen LogP contribution in [0.2, 0.25) is 0 Å². The molecule has 0 saturated carbocycles. The molecule has 110 valence electrons. The molecule has 1 fully saturated rings. The van der Waals surface area contributed by atoms with E-state index in [9.17, 15) is 9.59 Å². The third-order valence-corrected chi connectivity index (χ3v) is 3.32. The molecule has 1 amide bonds. The fourth-order valence-electron chi connectivity index (χ4n) is 2.35. The van der Waals surface area contributed by atoms with E-state index in [0.717, 1.165) is 0 Å². The minimum atomic E-state index is -1.03. The Hall–Kier alpha value is -2.54. The Labute approximate surface area is 119 Å². The summed E-state index contributed by atoms with van der Waals surface area (Å²) in [6, 6.07) is 4.52. The SMILES string of the molecule is COC[C@H]1CN(c2coc3cc(C(=O)O)ccc23)C(=O)O1. The smallest absolute Gasteiger partial charge is 0.414 e. The highest BCUT2D eigenvalue weighted by molar-refractivity contribution is 6.02. The number of carbonyl (C=O) groups is 2. The second-order valence-electron chi connectivity index (χ2n) is 4.71. The average Bonchev–Trinajstić information content (AvgIpc) is 3.01. The molecule has 2 heterocycles. The zero-order chi connectivity index (χ0) is 15.0. The van der Waals surface area contributed by atoms with Crippen LogP contribution >= 0.6 is 0 Å². The molecule has 1 saturated heterocycles. The molecule has 0 radical (unpaired) electrons. The molecule has 7 heteroatoms. The standard InChI is InChI=1S/C14H13NO6/c1-19-6-9-5-15(14(18)21-9)11-7-20-12-4-8(13(16)17)2-3-10(11)12/h2-4,7,9H,5-6H2,1H3,(H,16,17)/t9-/m1/s1. The number of carboxylic acids is 1. The van der Waals surface area contributed by atoms with E-state index in [2.05, 4.69) is 0 Å². The summed E-state index contributed by atoms with van der Waals surface area (Å²) in [5.74, 6) is -1.03. The summed E-state index contributed by atoms with van der Waals surface area (Å²) >= 11 is 0. The van der Waals surface area contributed by atoms with Crippen molar-refractivity contribution >= 4 is 28.7 Å². The number of hydrogen-bond donors (Lipinski definition) is 1. The first-order valence-electron chi connectivity index (χ1n) is 6.32. The van der Waals surface area contributed by atoms with Crippen LogP contribution in [0.1, 0.15) is 10.4 Å². The summed E-state index contributed by atoms with van der Waals surface area (Å²) in [6.07, 6.45) is 0.625.